The molecule has 1 saturated heterocycles. The van der Waals surface area contributed by atoms with E-state index >= 15 is 0 Å². The van der Waals surface area contributed by atoms with Gasteiger partial charge < -0.3 is 5.32 Å². The van der Waals surface area contributed by atoms with Crippen LogP contribution in [0.25, 0.3) is 0 Å². The van der Waals surface area contributed by atoms with Crippen LogP contribution in [0.1, 0.15) is 6.92 Å². The van der Waals surface area contributed by atoms with Crippen molar-refractivity contribution in [2.45, 2.75) is 17.9 Å². The number of benzene rings is 1. The lowest BCUT2D eigenvalue weighted by atomic mass is 10.3. The summed E-state index contributed by atoms with van der Waals surface area (Å²) in [5.41, 5.74) is 0. The normalized spacial score (nSPS) is 22.1. The second-order valence-electron chi connectivity index (χ2n) is 4.29. The van der Waals surface area contributed by atoms with Gasteiger partial charge in [0, 0.05) is 34.6 Å². The van der Waals surface area contributed by atoms with Crippen molar-refractivity contribution in [3.05, 3.63) is 27.1 Å². The summed E-state index contributed by atoms with van der Waals surface area (Å²) < 4.78 is 28.0. The average molecular weight is 398 g/mol. The third-order valence-corrected chi connectivity index (χ3v) is 6.19. The van der Waals surface area contributed by atoms with Crippen LogP contribution in [0.2, 0.25) is 0 Å². The van der Waals surface area contributed by atoms with Crippen LogP contribution in [0.3, 0.4) is 0 Å². The molecule has 1 fully saturated rings. The Bertz CT molecular complexity index is 548. The second-order valence-corrected chi connectivity index (χ2v) is 7.97. The van der Waals surface area contributed by atoms with Gasteiger partial charge in [-0.05, 0) is 41.1 Å². The van der Waals surface area contributed by atoms with Crippen LogP contribution < -0.4 is 5.32 Å². The monoisotopic (exact) mass is 396 g/mol. The number of hydrogen-bond acceptors (Lipinski definition) is 3. The number of nitrogens with zero attached hydrogens (tertiary/aromatic N) is 1. The van der Waals surface area contributed by atoms with E-state index in [0.29, 0.717) is 29.0 Å². The lowest BCUT2D eigenvalue weighted by Gasteiger charge is -2.31. The minimum Gasteiger partial charge on any atom is -0.312 e. The van der Waals surface area contributed by atoms with Crippen LogP contribution in [0.5, 0.6) is 0 Å². The van der Waals surface area contributed by atoms with Gasteiger partial charge in [-0.25, -0.2) is 8.42 Å². The summed E-state index contributed by atoms with van der Waals surface area (Å²) in [6.07, 6.45) is 0. The molecule has 1 aromatic rings. The minimum absolute atomic E-state index is 0.180. The van der Waals surface area contributed by atoms with Crippen LogP contribution in [0.15, 0.2) is 32.0 Å². The highest BCUT2D eigenvalue weighted by atomic mass is 79.9. The third-order valence-electron chi connectivity index (χ3n) is 2.84. The Morgan fingerprint density at radius 2 is 2.11 bits per heavy atom. The van der Waals surface area contributed by atoms with Gasteiger partial charge in [-0.1, -0.05) is 15.9 Å². The fraction of sp³-hybridized carbons (Fsp3) is 0.455. The fourth-order valence-corrected chi connectivity index (χ4v) is 4.92. The molecule has 0 spiro atoms. The molecule has 0 aromatic heterocycles. The first-order valence-corrected chi connectivity index (χ1v) is 8.62. The van der Waals surface area contributed by atoms with Gasteiger partial charge in [0.15, 0.2) is 0 Å². The van der Waals surface area contributed by atoms with Crippen molar-refractivity contribution in [3.8, 4) is 0 Å². The SMILES string of the molecule is C[C@H]1CN(S(=O)(=O)c2cc(Br)ccc2Br)CCN1. The molecule has 100 valence electrons. The molecular formula is C11H14Br2N2O2S. The highest BCUT2D eigenvalue weighted by molar-refractivity contribution is 9.11. The molecule has 2 rings (SSSR count). The molecule has 0 amide bonds. The van der Waals surface area contributed by atoms with E-state index in [1.54, 1.807) is 12.1 Å². The van der Waals surface area contributed by atoms with Crippen molar-refractivity contribution < 1.29 is 8.42 Å². The maximum atomic E-state index is 12.6. The smallest absolute Gasteiger partial charge is 0.244 e. The Morgan fingerprint density at radius 3 is 2.78 bits per heavy atom. The van der Waals surface area contributed by atoms with Crippen LogP contribution in [-0.2, 0) is 10.0 Å². The first kappa shape index (κ1) is 14.5. The molecule has 0 radical (unpaired) electrons. The van der Waals surface area contributed by atoms with E-state index in [2.05, 4.69) is 37.2 Å². The lowest BCUT2D eigenvalue weighted by molar-refractivity contribution is 0.310. The van der Waals surface area contributed by atoms with Gasteiger partial charge in [-0.15, -0.1) is 0 Å². The summed E-state index contributed by atoms with van der Waals surface area (Å²) in [5, 5.41) is 3.23. The molecule has 1 aliphatic heterocycles. The Kier molecular flexibility index (Phi) is 4.48. The topological polar surface area (TPSA) is 49.4 Å². The van der Waals surface area contributed by atoms with E-state index in [0.717, 1.165) is 4.47 Å². The Labute approximate surface area is 124 Å². The van der Waals surface area contributed by atoms with E-state index in [1.165, 1.54) is 4.31 Å². The van der Waals surface area contributed by atoms with Crippen molar-refractivity contribution in [2.75, 3.05) is 19.6 Å². The molecule has 1 aliphatic rings. The van der Waals surface area contributed by atoms with E-state index in [4.69, 9.17) is 0 Å². The van der Waals surface area contributed by atoms with E-state index in [9.17, 15) is 8.42 Å². The van der Waals surface area contributed by atoms with Gasteiger partial charge in [0.1, 0.15) is 0 Å². The van der Waals surface area contributed by atoms with Crippen LogP contribution >= 0.6 is 31.9 Å². The van der Waals surface area contributed by atoms with Gasteiger partial charge in [-0.2, -0.15) is 4.31 Å². The number of sulfonamides is 1. The standard InChI is InChI=1S/C11H14Br2N2O2S/c1-8-7-15(5-4-14-8)18(16,17)11-6-9(12)2-3-10(11)13/h2-3,6,8,14H,4-5,7H2,1H3/t8-/m0/s1. The van der Waals surface area contributed by atoms with Gasteiger partial charge in [-0.3, -0.25) is 0 Å². The van der Waals surface area contributed by atoms with Crippen LogP contribution in [0, 0.1) is 0 Å². The van der Waals surface area contributed by atoms with E-state index < -0.39 is 10.0 Å². The summed E-state index contributed by atoms with van der Waals surface area (Å²) in [7, 11) is -3.43. The van der Waals surface area contributed by atoms with E-state index in [-0.39, 0.29) is 6.04 Å². The van der Waals surface area contributed by atoms with Crippen LogP contribution in [-0.4, -0.2) is 38.4 Å². The van der Waals surface area contributed by atoms with Gasteiger partial charge in [0.05, 0.1) is 4.90 Å². The number of nitrogens with one attached hydrogen (secondary N) is 1. The molecule has 1 N–H and O–H groups in total. The summed E-state index contributed by atoms with van der Waals surface area (Å²) in [6.45, 7) is 3.68. The maximum absolute atomic E-state index is 12.6. The Balaban J connectivity index is 2.38. The Morgan fingerprint density at radius 1 is 1.39 bits per heavy atom. The number of hydrogen-bond donors (Lipinski definition) is 1. The highest BCUT2D eigenvalue weighted by Gasteiger charge is 2.29. The molecule has 4 nitrogen and oxygen atoms in total. The number of rotatable bonds is 2. The molecule has 0 aliphatic carbocycles. The summed E-state index contributed by atoms with van der Waals surface area (Å²) in [5.74, 6) is 0. The number of piperazine rings is 1. The quantitative estimate of drug-likeness (QED) is 0.832. The predicted molar refractivity (Wildman–Crippen MR) is 78.1 cm³/mol. The van der Waals surface area contributed by atoms with Crippen molar-refractivity contribution in [1.29, 1.82) is 0 Å². The third kappa shape index (κ3) is 2.96. The van der Waals surface area contributed by atoms with Crippen molar-refractivity contribution in [3.63, 3.8) is 0 Å². The largest absolute Gasteiger partial charge is 0.312 e. The minimum atomic E-state index is -3.43. The molecular weight excluding hydrogens is 384 g/mol. The summed E-state index contributed by atoms with van der Waals surface area (Å²) in [4.78, 5) is 0.311. The second kappa shape index (κ2) is 5.58. The molecule has 0 bridgehead atoms. The zero-order valence-corrected chi connectivity index (χ0v) is 13.8. The fourth-order valence-electron chi connectivity index (χ4n) is 1.93. The first-order valence-electron chi connectivity index (χ1n) is 5.60. The molecule has 1 aromatic carbocycles. The predicted octanol–water partition coefficient (Wildman–Crippen LogP) is 2.19. The molecule has 1 heterocycles. The van der Waals surface area contributed by atoms with E-state index in [1.807, 2.05) is 13.0 Å². The molecule has 1 atom stereocenters. The highest BCUT2D eigenvalue weighted by Crippen LogP contribution is 2.28. The molecule has 18 heavy (non-hydrogen) atoms. The average Bonchev–Trinajstić information content (AvgIpc) is 2.32. The molecule has 0 saturated carbocycles. The molecule has 0 unspecified atom stereocenters. The zero-order valence-electron chi connectivity index (χ0n) is 9.86. The van der Waals surface area contributed by atoms with Gasteiger partial charge in [0.2, 0.25) is 10.0 Å². The lowest BCUT2D eigenvalue weighted by Crippen LogP contribution is -2.51. The molecule has 7 heteroatoms. The van der Waals surface area contributed by atoms with Crippen LogP contribution in [0.4, 0.5) is 0 Å². The van der Waals surface area contributed by atoms with Crippen molar-refractivity contribution in [1.82, 2.24) is 9.62 Å². The Hall–Kier alpha value is 0.0500. The number of halogens is 2. The maximum Gasteiger partial charge on any atom is 0.244 e. The van der Waals surface area contributed by atoms with Gasteiger partial charge >= 0.3 is 0 Å². The first-order chi connectivity index (χ1) is 8.41. The van der Waals surface area contributed by atoms with Gasteiger partial charge in [0.25, 0.3) is 0 Å². The van der Waals surface area contributed by atoms with Crippen molar-refractivity contribution >= 4 is 41.9 Å². The zero-order chi connectivity index (χ0) is 13.3. The van der Waals surface area contributed by atoms with Crippen molar-refractivity contribution in [2.24, 2.45) is 0 Å². The summed E-state index contributed by atoms with van der Waals surface area (Å²) in [6, 6.07) is 5.36. The summed E-state index contributed by atoms with van der Waals surface area (Å²) >= 11 is 6.61.